The predicted molar refractivity (Wildman–Crippen MR) is 92.4 cm³/mol. The fourth-order valence-electron chi connectivity index (χ4n) is 2.15. The Morgan fingerprint density at radius 2 is 1.77 bits per heavy atom. The molecule has 0 heterocycles. The molecule has 1 unspecified atom stereocenters. The number of nitrogens with zero attached hydrogens (tertiary/aromatic N) is 1. The standard InChI is InChI=1S/C18H19ClN2O/c1-4-17(14-7-5-13(2)6-8-14)21(3)18(22)20-16-11-9-15(19)10-12-16/h4-12,17H,1H2,2-3H3,(H,20,22). The van der Waals surface area contributed by atoms with Crippen LogP contribution in [0.5, 0.6) is 0 Å². The van der Waals surface area contributed by atoms with E-state index in [9.17, 15) is 4.79 Å². The van der Waals surface area contributed by atoms with Gasteiger partial charge < -0.3 is 10.2 Å². The summed E-state index contributed by atoms with van der Waals surface area (Å²) in [5.41, 5.74) is 2.90. The molecule has 0 radical (unpaired) electrons. The zero-order valence-corrected chi connectivity index (χ0v) is 13.5. The summed E-state index contributed by atoms with van der Waals surface area (Å²) in [4.78, 5) is 14.0. The van der Waals surface area contributed by atoms with Crippen LogP contribution in [-0.4, -0.2) is 18.0 Å². The van der Waals surface area contributed by atoms with Crippen molar-refractivity contribution in [1.29, 1.82) is 0 Å². The lowest BCUT2D eigenvalue weighted by Crippen LogP contribution is -2.34. The van der Waals surface area contributed by atoms with Crippen molar-refractivity contribution in [3.05, 3.63) is 77.3 Å². The highest BCUT2D eigenvalue weighted by molar-refractivity contribution is 6.30. The third kappa shape index (κ3) is 3.89. The van der Waals surface area contributed by atoms with Crippen molar-refractivity contribution in [2.45, 2.75) is 13.0 Å². The highest BCUT2D eigenvalue weighted by Gasteiger charge is 2.18. The molecule has 2 rings (SSSR count). The molecule has 114 valence electrons. The Balaban J connectivity index is 2.11. The van der Waals surface area contributed by atoms with Crippen LogP contribution in [0.3, 0.4) is 0 Å². The number of carbonyl (C=O) groups is 1. The zero-order chi connectivity index (χ0) is 16.1. The number of anilines is 1. The third-order valence-electron chi connectivity index (χ3n) is 3.48. The molecular formula is C18H19ClN2O. The Morgan fingerprint density at radius 1 is 1.18 bits per heavy atom. The van der Waals surface area contributed by atoms with Crippen LogP contribution in [-0.2, 0) is 0 Å². The molecule has 0 aliphatic carbocycles. The first kappa shape index (κ1) is 16.1. The highest BCUT2D eigenvalue weighted by atomic mass is 35.5. The second kappa shape index (κ2) is 7.14. The molecule has 22 heavy (non-hydrogen) atoms. The second-order valence-electron chi connectivity index (χ2n) is 5.14. The molecule has 3 nitrogen and oxygen atoms in total. The first-order valence-corrected chi connectivity index (χ1v) is 7.37. The number of amides is 2. The van der Waals surface area contributed by atoms with Gasteiger partial charge in [0.15, 0.2) is 0 Å². The number of likely N-dealkylation sites (N-methyl/N-ethyl adjacent to an activating group) is 1. The van der Waals surface area contributed by atoms with Crippen LogP contribution in [0.15, 0.2) is 61.2 Å². The van der Waals surface area contributed by atoms with Gasteiger partial charge in [0.05, 0.1) is 6.04 Å². The summed E-state index contributed by atoms with van der Waals surface area (Å²) in [6.07, 6.45) is 1.76. The van der Waals surface area contributed by atoms with Gasteiger partial charge in [0.2, 0.25) is 0 Å². The van der Waals surface area contributed by atoms with Crippen molar-refractivity contribution < 1.29 is 4.79 Å². The molecule has 0 saturated heterocycles. The number of urea groups is 1. The van der Waals surface area contributed by atoms with Gasteiger partial charge >= 0.3 is 6.03 Å². The summed E-state index contributed by atoms with van der Waals surface area (Å²) in [5, 5.41) is 3.48. The van der Waals surface area contributed by atoms with E-state index in [-0.39, 0.29) is 12.1 Å². The number of aryl methyl sites for hydroxylation is 1. The minimum Gasteiger partial charge on any atom is -0.317 e. The molecule has 0 aliphatic rings. The normalized spacial score (nSPS) is 11.6. The third-order valence-corrected chi connectivity index (χ3v) is 3.73. The molecule has 0 saturated carbocycles. The van der Waals surface area contributed by atoms with Crippen LogP contribution in [0.1, 0.15) is 17.2 Å². The van der Waals surface area contributed by atoms with Crippen molar-refractivity contribution in [3.63, 3.8) is 0 Å². The molecule has 0 bridgehead atoms. The van der Waals surface area contributed by atoms with E-state index >= 15 is 0 Å². The van der Waals surface area contributed by atoms with Crippen LogP contribution in [0.2, 0.25) is 5.02 Å². The average Bonchev–Trinajstić information content (AvgIpc) is 2.52. The van der Waals surface area contributed by atoms with Crippen molar-refractivity contribution in [3.8, 4) is 0 Å². The average molecular weight is 315 g/mol. The van der Waals surface area contributed by atoms with E-state index in [4.69, 9.17) is 11.6 Å². The lowest BCUT2D eigenvalue weighted by atomic mass is 10.0. The molecule has 1 atom stereocenters. The van der Waals surface area contributed by atoms with Gasteiger partial charge in [-0.1, -0.05) is 47.5 Å². The zero-order valence-electron chi connectivity index (χ0n) is 12.7. The van der Waals surface area contributed by atoms with Gasteiger partial charge in [-0.05, 0) is 36.8 Å². The molecule has 0 aromatic heterocycles. The van der Waals surface area contributed by atoms with Crippen LogP contribution >= 0.6 is 11.6 Å². The Labute approximate surface area is 136 Å². The number of hydrogen-bond acceptors (Lipinski definition) is 1. The number of halogens is 1. The monoisotopic (exact) mass is 314 g/mol. The van der Waals surface area contributed by atoms with E-state index in [0.717, 1.165) is 5.56 Å². The first-order chi connectivity index (χ1) is 10.5. The summed E-state index contributed by atoms with van der Waals surface area (Å²) in [5.74, 6) is 0. The number of hydrogen-bond donors (Lipinski definition) is 1. The van der Waals surface area contributed by atoms with Crippen LogP contribution in [0.4, 0.5) is 10.5 Å². The number of rotatable bonds is 4. The summed E-state index contributed by atoms with van der Waals surface area (Å²) in [7, 11) is 1.75. The van der Waals surface area contributed by atoms with Gasteiger partial charge in [-0.25, -0.2) is 4.79 Å². The summed E-state index contributed by atoms with van der Waals surface area (Å²) < 4.78 is 0. The van der Waals surface area contributed by atoms with E-state index in [0.29, 0.717) is 10.7 Å². The second-order valence-corrected chi connectivity index (χ2v) is 5.58. The predicted octanol–water partition coefficient (Wildman–Crippen LogP) is 5.04. The fraction of sp³-hybridized carbons (Fsp3) is 0.167. The van der Waals surface area contributed by atoms with Gasteiger partial charge in [0.1, 0.15) is 0 Å². The molecule has 4 heteroatoms. The lowest BCUT2D eigenvalue weighted by molar-refractivity contribution is 0.213. The van der Waals surface area contributed by atoms with Gasteiger partial charge in [0.25, 0.3) is 0 Å². The van der Waals surface area contributed by atoms with Crippen LogP contribution in [0.25, 0.3) is 0 Å². The van der Waals surface area contributed by atoms with E-state index in [1.54, 1.807) is 42.3 Å². The lowest BCUT2D eigenvalue weighted by Gasteiger charge is -2.26. The summed E-state index contributed by atoms with van der Waals surface area (Å²) >= 11 is 5.84. The smallest absolute Gasteiger partial charge is 0.317 e. The van der Waals surface area contributed by atoms with E-state index in [1.165, 1.54) is 5.56 Å². The van der Waals surface area contributed by atoms with Gasteiger partial charge in [-0.2, -0.15) is 0 Å². The van der Waals surface area contributed by atoms with E-state index in [1.807, 2.05) is 31.2 Å². The largest absolute Gasteiger partial charge is 0.322 e. The molecule has 0 spiro atoms. The maximum Gasteiger partial charge on any atom is 0.322 e. The number of carbonyl (C=O) groups excluding carboxylic acids is 1. The van der Waals surface area contributed by atoms with Crippen molar-refractivity contribution in [1.82, 2.24) is 4.90 Å². The van der Waals surface area contributed by atoms with E-state index < -0.39 is 0 Å². The minimum absolute atomic E-state index is 0.187. The summed E-state index contributed by atoms with van der Waals surface area (Å²) in [6.45, 7) is 5.87. The molecular weight excluding hydrogens is 296 g/mol. The van der Waals surface area contributed by atoms with Crippen LogP contribution in [0, 0.1) is 6.92 Å². The maximum atomic E-state index is 12.4. The Hall–Kier alpha value is -2.26. The Morgan fingerprint density at radius 3 is 2.32 bits per heavy atom. The number of nitrogens with one attached hydrogen (secondary N) is 1. The van der Waals surface area contributed by atoms with Gasteiger partial charge in [-0.3, -0.25) is 0 Å². The maximum absolute atomic E-state index is 12.4. The van der Waals surface area contributed by atoms with E-state index in [2.05, 4.69) is 11.9 Å². The van der Waals surface area contributed by atoms with Crippen molar-refractivity contribution in [2.75, 3.05) is 12.4 Å². The fourth-order valence-corrected chi connectivity index (χ4v) is 2.28. The quantitative estimate of drug-likeness (QED) is 0.788. The molecule has 2 amide bonds. The molecule has 2 aromatic carbocycles. The Kier molecular flexibility index (Phi) is 5.23. The SMILES string of the molecule is C=CC(c1ccc(C)cc1)N(C)C(=O)Nc1ccc(Cl)cc1. The van der Waals surface area contributed by atoms with Gasteiger partial charge in [0, 0.05) is 17.8 Å². The van der Waals surface area contributed by atoms with Crippen molar-refractivity contribution >= 4 is 23.3 Å². The minimum atomic E-state index is -0.201. The molecule has 0 aliphatic heterocycles. The van der Waals surface area contributed by atoms with Crippen molar-refractivity contribution in [2.24, 2.45) is 0 Å². The highest BCUT2D eigenvalue weighted by Crippen LogP contribution is 2.22. The Bertz CT molecular complexity index is 650. The van der Waals surface area contributed by atoms with Gasteiger partial charge in [-0.15, -0.1) is 6.58 Å². The first-order valence-electron chi connectivity index (χ1n) is 7.00. The molecule has 2 aromatic rings. The number of benzene rings is 2. The topological polar surface area (TPSA) is 32.3 Å². The molecule has 0 fully saturated rings. The van der Waals surface area contributed by atoms with Crippen LogP contribution < -0.4 is 5.32 Å². The summed E-state index contributed by atoms with van der Waals surface area (Å²) in [6, 6.07) is 14.7. The molecule has 1 N–H and O–H groups in total.